The van der Waals surface area contributed by atoms with Crippen LogP contribution in [0.3, 0.4) is 0 Å². The number of hydrogen-bond acceptors (Lipinski definition) is 5. The minimum Gasteiger partial charge on any atom is -0.467 e. The van der Waals surface area contributed by atoms with Crippen LogP contribution < -0.4 is 10.6 Å². The highest BCUT2D eigenvalue weighted by atomic mass is 32.2. The molecule has 1 rings (SSSR count). The van der Waals surface area contributed by atoms with Gasteiger partial charge in [0.1, 0.15) is 6.04 Å². The minimum absolute atomic E-state index is 0.0912. The Kier molecular flexibility index (Phi) is 7.66. The van der Waals surface area contributed by atoms with Crippen LogP contribution >= 0.6 is 11.8 Å². The SMILES string of the molecule is COC(=O)C(CCSC)NC(=O)NCC1CCCO1. The Bertz CT molecular complexity index is 295. The van der Waals surface area contributed by atoms with Gasteiger partial charge in [0.2, 0.25) is 0 Å². The molecule has 2 unspecified atom stereocenters. The van der Waals surface area contributed by atoms with Crippen LogP contribution in [0.15, 0.2) is 0 Å². The van der Waals surface area contributed by atoms with Crippen molar-refractivity contribution in [2.45, 2.75) is 31.4 Å². The molecule has 1 aliphatic rings. The summed E-state index contributed by atoms with van der Waals surface area (Å²) in [6.07, 6.45) is 4.60. The Labute approximate surface area is 118 Å². The van der Waals surface area contributed by atoms with Crippen molar-refractivity contribution in [1.82, 2.24) is 10.6 Å². The van der Waals surface area contributed by atoms with Gasteiger partial charge in [-0.15, -0.1) is 0 Å². The van der Waals surface area contributed by atoms with E-state index in [4.69, 9.17) is 4.74 Å². The number of thioether (sulfide) groups is 1. The van der Waals surface area contributed by atoms with Crippen LogP contribution in [0.4, 0.5) is 4.79 Å². The lowest BCUT2D eigenvalue weighted by Gasteiger charge is -2.17. The van der Waals surface area contributed by atoms with Crippen molar-refractivity contribution < 1.29 is 19.1 Å². The predicted octanol–water partition coefficient (Wildman–Crippen LogP) is 0.759. The zero-order valence-corrected chi connectivity index (χ0v) is 12.3. The van der Waals surface area contributed by atoms with E-state index in [0.717, 1.165) is 25.2 Å². The van der Waals surface area contributed by atoms with Crippen molar-refractivity contribution in [3.8, 4) is 0 Å². The number of amides is 2. The highest BCUT2D eigenvalue weighted by molar-refractivity contribution is 7.98. The Morgan fingerprint density at radius 2 is 2.32 bits per heavy atom. The number of urea groups is 1. The quantitative estimate of drug-likeness (QED) is 0.677. The van der Waals surface area contributed by atoms with Crippen LogP contribution in [0, 0.1) is 0 Å². The summed E-state index contributed by atoms with van der Waals surface area (Å²) < 4.78 is 10.1. The molecule has 19 heavy (non-hydrogen) atoms. The minimum atomic E-state index is -0.595. The molecule has 6 nitrogen and oxygen atoms in total. The lowest BCUT2D eigenvalue weighted by molar-refractivity contribution is -0.142. The molecule has 2 amide bonds. The van der Waals surface area contributed by atoms with E-state index >= 15 is 0 Å². The van der Waals surface area contributed by atoms with E-state index in [1.165, 1.54) is 7.11 Å². The first-order chi connectivity index (χ1) is 9.17. The molecule has 0 aromatic heterocycles. The van der Waals surface area contributed by atoms with Crippen molar-refractivity contribution in [2.24, 2.45) is 0 Å². The summed E-state index contributed by atoms with van der Waals surface area (Å²) in [5.74, 6) is 0.368. The Morgan fingerprint density at radius 3 is 2.89 bits per heavy atom. The van der Waals surface area contributed by atoms with Gasteiger partial charge in [-0.2, -0.15) is 11.8 Å². The second-order valence-electron chi connectivity index (χ2n) is 4.35. The van der Waals surface area contributed by atoms with E-state index in [-0.39, 0.29) is 12.1 Å². The number of esters is 1. The molecule has 0 saturated carbocycles. The zero-order chi connectivity index (χ0) is 14.1. The molecule has 7 heteroatoms. The van der Waals surface area contributed by atoms with Gasteiger partial charge in [-0.1, -0.05) is 0 Å². The number of methoxy groups -OCH3 is 1. The zero-order valence-electron chi connectivity index (χ0n) is 11.4. The van der Waals surface area contributed by atoms with Crippen molar-refractivity contribution in [1.29, 1.82) is 0 Å². The largest absolute Gasteiger partial charge is 0.467 e. The van der Waals surface area contributed by atoms with Crippen LogP contribution in [-0.4, -0.2) is 56.4 Å². The molecule has 1 aliphatic heterocycles. The number of hydrogen-bond donors (Lipinski definition) is 2. The molecule has 0 aromatic carbocycles. The lowest BCUT2D eigenvalue weighted by atomic mass is 10.2. The van der Waals surface area contributed by atoms with E-state index in [2.05, 4.69) is 15.4 Å². The molecule has 0 aliphatic carbocycles. The second kappa shape index (κ2) is 9.03. The highest BCUT2D eigenvalue weighted by Gasteiger charge is 2.22. The van der Waals surface area contributed by atoms with Gasteiger partial charge < -0.3 is 20.1 Å². The monoisotopic (exact) mass is 290 g/mol. The third-order valence-electron chi connectivity index (χ3n) is 2.92. The summed E-state index contributed by atoms with van der Waals surface area (Å²) in [4.78, 5) is 23.2. The molecule has 1 saturated heterocycles. The number of ether oxygens (including phenoxy) is 2. The van der Waals surface area contributed by atoms with E-state index in [0.29, 0.717) is 13.0 Å². The normalized spacial score (nSPS) is 19.8. The van der Waals surface area contributed by atoms with Crippen molar-refractivity contribution >= 4 is 23.8 Å². The van der Waals surface area contributed by atoms with E-state index in [1.807, 2.05) is 6.26 Å². The topological polar surface area (TPSA) is 76.7 Å². The third kappa shape index (κ3) is 6.15. The number of carbonyl (C=O) groups excluding carboxylic acids is 2. The second-order valence-corrected chi connectivity index (χ2v) is 5.33. The molecule has 2 atom stereocenters. The van der Waals surface area contributed by atoms with E-state index < -0.39 is 12.0 Å². The van der Waals surface area contributed by atoms with Gasteiger partial charge in [0.25, 0.3) is 0 Å². The van der Waals surface area contributed by atoms with Crippen LogP contribution in [-0.2, 0) is 14.3 Å². The molecule has 1 fully saturated rings. The van der Waals surface area contributed by atoms with Gasteiger partial charge >= 0.3 is 12.0 Å². The molecular weight excluding hydrogens is 268 g/mol. The van der Waals surface area contributed by atoms with Crippen molar-refractivity contribution in [3.63, 3.8) is 0 Å². The summed E-state index contributed by atoms with van der Waals surface area (Å²) in [6, 6.07) is -0.950. The maximum atomic E-state index is 11.7. The number of carbonyl (C=O) groups is 2. The molecule has 0 aromatic rings. The maximum absolute atomic E-state index is 11.7. The molecule has 110 valence electrons. The van der Waals surface area contributed by atoms with Crippen molar-refractivity contribution in [2.75, 3.05) is 32.3 Å². The van der Waals surface area contributed by atoms with Crippen LogP contribution in [0.5, 0.6) is 0 Å². The van der Waals surface area contributed by atoms with Crippen molar-refractivity contribution in [3.05, 3.63) is 0 Å². The summed E-state index contributed by atoms with van der Waals surface area (Å²) in [5, 5.41) is 5.35. The smallest absolute Gasteiger partial charge is 0.328 e. The Morgan fingerprint density at radius 1 is 1.53 bits per heavy atom. The third-order valence-corrected chi connectivity index (χ3v) is 3.56. The molecule has 1 heterocycles. The van der Waals surface area contributed by atoms with E-state index in [1.54, 1.807) is 11.8 Å². The summed E-state index contributed by atoms with van der Waals surface area (Å²) in [5.41, 5.74) is 0. The average molecular weight is 290 g/mol. The van der Waals surface area contributed by atoms with Crippen LogP contribution in [0.1, 0.15) is 19.3 Å². The first-order valence-corrected chi connectivity index (χ1v) is 7.79. The van der Waals surface area contributed by atoms with Gasteiger partial charge in [0.05, 0.1) is 13.2 Å². The Balaban J connectivity index is 2.30. The summed E-state index contributed by atoms with van der Waals surface area (Å²) in [6.45, 7) is 1.23. The van der Waals surface area contributed by atoms with Gasteiger partial charge in [0.15, 0.2) is 0 Å². The Hall–Kier alpha value is -0.950. The fourth-order valence-electron chi connectivity index (χ4n) is 1.85. The van der Waals surface area contributed by atoms with E-state index in [9.17, 15) is 9.59 Å². The number of nitrogens with one attached hydrogen (secondary N) is 2. The fourth-order valence-corrected chi connectivity index (χ4v) is 2.32. The molecule has 2 N–H and O–H groups in total. The fraction of sp³-hybridized carbons (Fsp3) is 0.833. The first-order valence-electron chi connectivity index (χ1n) is 6.40. The maximum Gasteiger partial charge on any atom is 0.328 e. The molecule has 0 radical (unpaired) electrons. The molecule has 0 bridgehead atoms. The standard InChI is InChI=1S/C12H22N2O4S/c1-17-11(15)10(5-7-19-2)14-12(16)13-8-9-4-3-6-18-9/h9-10H,3-8H2,1-2H3,(H2,13,14,16). The van der Waals surface area contributed by atoms with Gasteiger partial charge in [-0.3, -0.25) is 0 Å². The highest BCUT2D eigenvalue weighted by Crippen LogP contribution is 2.10. The van der Waals surface area contributed by atoms with Gasteiger partial charge in [-0.05, 0) is 31.3 Å². The number of rotatable bonds is 7. The summed E-state index contributed by atoms with van der Waals surface area (Å²) in [7, 11) is 1.32. The van der Waals surface area contributed by atoms with Crippen LogP contribution in [0.25, 0.3) is 0 Å². The summed E-state index contributed by atoms with van der Waals surface area (Å²) >= 11 is 1.62. The molecular formula is C12H22N2O4S. The van der Waals surface area contributed by atoms with Crippen LogP contribution in [0.2, 0.25) is 0 Å². The van der Waals surface area contributed by atoms with Gasteiger partial charge in [0, 0.05) is 13.2 Å². The average Bonchev–Trinajstić information content (AvgIpc) is 2.93. The lowest BCUT2D eigenvalue weighted by Crippen LogP contribution is -2.48. The first kappa shape index (κ1) is 16.1. The molecule has 0 spiro atoms. The predicted molar refractivity (Wildman–Crippen MR) is 74.3 cm³/mol. The van der Waals surface area contributed by atoms with Gasteiger partial charge in [-0.25, -0.2) is 9.59 Å².